The van der Waals surface area contributed by atoms with Gasteiger partial charge in [-0.15, -0.1) is 0 Å². The molecule has 2 aromatic heterocycles. The molecule has 1 aromatic carbocycles. The number of likely N-dealkylation sites (tertiary alicyclic amines) is 1. The molecule has 1 spiro atoms. The first-order valence-electron chi connectivity index (χ1n) is 12.2. The molecule has 182 valence electrons. The lowest BCUT2D eigenvalue weighted by Gasteiger charge is -2.37. The number of hydrogen-bond donors (Lipinski definition) is 0. The van der Waals surface area contributed by atoms with Crippen LogP contribution in [0.5, 0.6) is 23.1 Å². The molecule has 8 nitrogen and oxygen atoms in total. The number of rotatable bonds is 8. The molecule has 35 heavy (non-hydrogen) atoms. The third-order valence-corrected chi connectivity index (χ3v) is 7.14. The number of hydrogen-bond acceptors (Lipinski definition) is 8. The largest absolute Gasteiger partial charge is 0.493 e. The van der Waals surface area contributed by atoms with Crippen LogP contribution < -0.4 is 14.2 Å². The monoisotopic (exact) mass is 474 g/mol. The van der Waals surface area contributed by atoms with Crippen LogP contribution in [-0.2, 0) is 11.2 Å². The number of methoxy groups -OCH3 is 1. The highest BCUT2D eigenvalue weighted by Gasteiger charge is 2.43. The van der Waals surface area contributed by atoms with E-state index in [1.54, 1.807) is 13.3 Å². The van der Waals surface area contributed by atoms with Crippen molar-refractivity contribution in [2.45, 2.75) is 26.2 Å². The van der Waals surface area contributed by atoms with Gasteiger partial charge in [-0.3, -0.25) is 4.98 Å². The van der Waals surface area contributed by atoms with E-state index in [1.165, 1.54) is 18.3 Å². The molecule has 0 N–H and O–H groups in total. The van der Waals surface area contributed by atoms with Gasteiger partial charge >= 0.3 is 0 Å². The fraction of sp³-hybridized carbons (Fsp3) is 0.444. The quantitative estimate of drug-likeness (QED) is 0.448. The van der Waals surface area contributed by atoms with E-state index in [0.717, 1.165) is 67.8 Å². The van der Waals surface area contributed by atoms with E-state index < -0.39 is 0 Å². The Hall–Kier alpha value is -3.23. The molecule has 3 aliphatic rings. The summed E-state index contributed by atoms with van der Waals surface area (Å²) in [6.45, 7) is 7.88. The van der Waals surface area contributed by atoms with Crippen molar-refractivity contribution in [3.05, 3.63) is 47.6 Å². The van der Waals surface area contributed by atoms with E-state index in [1.807, 2.05) is 18.2 Å². The summed E-state index contributed by atoms with van der Waals surface area (Å²) in [6, 6.07) is 5.78. The van der Waals surface area contributed by atoms with Gasteiger partial charge in [0.1, 0.15) is 12.1 Å². The van der Waals surface area contributed by atoms with Crippen LogP contribution in [0.1, 0.15) is 31.0 Å². The topological polar surface area (TPSA) is 78.8 Å². The zero-order valence-corrected chi connectivity index (χ0v) is 20.2. The summed E-state index contributed by atoms with van der Waals surface area (Å²) in [5.41, 5.74) is 4.63. The first-order valence-corrected chi connectivity index (χ1v) is 12.2. The minimum atomic E-state index is 0.424. The first kappa shape index (κ1) is 22.2. The van der Waals surface area contributed by atoms with Gasteiger partial charge in [0.2, 0.25) is 5.88 Å². The maximum atomic E-state index is 6.12. The van der Waals surface area contributed by atoms with Crippen molar-refractivity contribution in [1.29, 1.82) is 0 Å². The zero-order chi connectivity index (χ0) is 23.8. The van der Waals surface area contributed by atoms with Crippen LogP contribution in [0.4, 0.5) is 0 Å². The second-order valence-corrected chi connectivity index (χ2v) is 9.90. The predicted molar refractivity (Wildman–Crippen MR) is 132 cm³/mol. The average Bonchev–Trinajstić information content (AvgIpc) is 3.44. The molecule has 2 aliphatic heterocycles. The lowest BCUT2D eigenvalue weighted by atomic mass is 9.85. The number of nitrogens with zero attached hydrogens (tertiary/aromatic N) is 4. The van der Waals surface area contributed by atoms with Crippen LogP contribution in [0, 0.1) is 5.41 Å². The van der Waals surface area contributed by atoms with E-state index in [4.69, 9.17) is 18.9 Å². The van der Waals surface area contributed by atoms with Crippen LogP contribution in [-0.4, -0.2) is 66.4 Å². The van der Waals surface area contributed by atoms with Crippen molar-refractivity contribution in [1.82, 2.24) is 19.9 Å². The van der Waals surface area contributed by atoms with Crippen molar-refractivity contribution >= 4 is 17.0 Å². The van der Waals surface area contributed by atoms with Gasteiger partial charge in [0, 0.05) is 31.0 Å². The van der Waals surface area contributed by atoms with Crippen LogP contribution in [0.15, 0.2) is 36.3 Å². The second-order valence-electron chi connectivity index (χ2n) is 9.90. The van der Waals surface area contributed by atoms with Crippen molar-refractivity contribution in [2.24, 2.45) is 5.41 Å². The van der Waals surface area contributed by atoms with Gasteiger partial charge in [-0.2, -0.15) is 0 Å². The number of aromatic nitrogens is 3. The van der Waals surface area contributed by atoms with Crippen LogP contribution in [0.2, 0.25) is 0 Å². The highest BCUT2D eigenvalue weighted by molar-refractivity contribution is 5.87. The molecule has 0 radical (unpaired) electrons. The maximum Gasteiger partial charge on any atom is 0.230 e. The number of ether oxygens (including phenoxy) is 4. The molecule has 2 saturated heterocycles. The van der Waals surface area contributed by atoms with Crippen LogP contribution in [0.3, 0.4) is 0 Å². The van der Waals surface area contributed by atoms with Gasteiger partial charge in [-0.25, -0.2) is 9.97 Å². The molecule has 0 atom stereocenters. The third-order valence-electron chi connectivity index (χ3n) is 7.14. The minimum Gasteiger partial charge on any atom is -0.493 e. The van der Waals surface area contributed by atoms with Crippen LogP contribution >= 0.6 is 0 Å². The number of pyridine rings is 1. The molecule has 4 heterocycles. The Balaban J connectivity index is 1.14. The average molecular weight is 475 g/mol. The molecule has 0 bridgehead atoms. The normalized spacial score (nSPS) is 18.4. The Labute approximate surface area is 204 Å². The fourth-order valence-corrected chi connectivity index (χ4v) is 5.22. The smallest absolute Gasteiger partial charge is 0.230 e. The van der Waals surface area contributed by atoms with E-state index in [9.17, 15) is 0 Å². The number of allylic oxidation sites excluding steroid dienone is 1. The highest BCUT2D eigenvalue weighted by Crippen LogP contribution is 2.38. The SMILES string of the molecule is COc1cc2c(Oc3cnc4c(c3)C=C(C)C4)ncnc2cc1OCCCN1CCC2(COC2)C1. The Morgan fingerprint density at radius 1 is 1.11 bits per heavy atom. The van der Waals surface area contributed by atoms with Gasteiger partial charge < -0.3 is 23.8 Å². The number of benzene rings is 1. The highest BCUT2D eigenvalue weighted by atomic mass is 16.5. The Morgan fingerprint density at radius 2 is 2.03 bits per heavy atom. The molecule has 3 aromatic rings. The van der Waals surface area contributed by atoms with E-state index in [0.29, 0.717) is 35.2 Å². The van der Waals surface area contributed by atoms with E-state index in [-0.39, 0.29) is 0 Å². The van der Waals surface area contributed by atoms with Crippen molar-refractivity contribution in [3.8, 4) is 23.1 Å². The molecular formula is C27H30N4O4. The molecule has 8 heteroatoms. The molecule has 6 rings (SSSR count). The summed E-state index contributed by atoms with van der Waals surface area (Å²) in [6.07, 6.45) is 8.48. The summed E-state index contributed by atoms with van der Waals surface area (Å²) in [5.74, 6) is 2.42. The van der Waals surface area contributed by atoms with Crippen LogP contribution in [0.25, 0.3) is 17.0 Å². The predicted octanol–water partition coefficient (Wildman–Crippen LogP) is 4.28. The third kappa shape index (κ3) is 4.44. The minimum absolute atomic E-state index is 0.424. The van der Waals surface area contributed by atoms with Gasteiger partial charge in [0.05, 0.1) is 49.7 Å². The second kappa shape index (κ2) is 9.09. The Kier molecular flexibility index (Phi) is 5.78. The zero-order valence-electron chi connectivity index (χ0n) is 20.2. The summed E-state index contributed by atoms with van der Waals surface area (Å²) >= 11 is 0. The molecule has 0 unspecified atom stereocenters. The summed E-state index contributed by atoms with van der Waals surface area (Å²) in [5, 5.41) is 0.758. The lowest BCUT2D eigenvalue weighted by molar-refractivity contribution is -0.105. The van der Waals surface area contributed by atoms with Crippen molar-refractivity contribution in [3.63, 3.8) is 0 Å². The molecule has 2 fully saturated rings. The maximum absolute atomic E-state index is 6.12. The van der Waals surface area contributed by atoms with Gasteiger partial charge in [0.15, 0.2) is 11.5 Å². The standard InChI is InChI=1S/C27H30N4O4/c1-18-8-19-10-20(13-28-22(19)9-18)35-26-21-11-24(32-2)25(12-23(21)29-17-30-26)34-7-3-5-31-6-4-27(14-31)15-33-16-27/h8,10-13,17H,3-7,9,14-16H2,1-2H3. The van der Waals surface area contributed by atoms with Gasteiger partial charge in [0.25, 0.3) is 0 Å². The Bertz CT molecular complexity index is 1290. The fourth-order valence-electron chi connectivity index (χ4n) is 5.22. The number of fused-ring (bicyclic) bond motifs is 2. The molecule has 1 aliphatic carbocycles. The molecule has 0 amide bonds. The summed E-state index contributed by atoms with van der Waals surface area (Å²) < 4.78 is 23.3. The molecular weight excluding hydrogens is 444 g/mol. The first-order chi connectivity index (χ1) is 17.1. The lowest BCUT2D eigenvalue weighted by Crippen LogP contribution is -2.44. The van der Waals surface area contributed by atoms with Gasteiger partial charge in [-0.05, 0) is 44.0 Å². The Morgan fingerprint density at radius 3 is 2.83 bits per heavy atom. The summed E-state index contributed by atoms with van der Waals surface area (Å²) in [7, 11) is 1.64. The summed E-state index contributed by atoms with van der Waals surface area (Å²) in [4.78, 5) is 15.9. The van der Waals surface area contributed by atoms with E-state index >= 15 is 0 Å². The van der Waals surface area contributed by atoms with Gasteiger partial charge in [-0.1, -0.05) is 11.6 Å². The van der Waals surface area contributed by atoms with Crippen molar-refractivity contribution < 1.29 is 18.9 Å². The van der Waals surface area contributed by atoms with E-state index in [2.05, 4.69) is 32.9 Å². The molecule has 0 saturated carbocycles. The van der Waals surface area contributed by atoms with Crippen molar-refractivity contribution in [2.75, 3.05) is 46.6 Å².